The van der Waals surface area contributed by atoms with Gasteiger partial charge in [0.25, 0.3) is 0 Å². The highest BCUT2D eigenvalue weighted by Gasteiger charge is 2.10. The molecule has 20 heavy (non-hydrogen) atoms. The molecule has 1 aromatic carbocycles. The van der Waals surface area contributed by atoms with Crippen LogP contribution < -0.4 is 5.43 Å². The highest BCUT2D eigenvalue weighted by Crippen LogP contribution is 2.15. The van der Waals surface area contributed by atoms with Gasteiger partial charge in [0.1, 0.15) is 0 Å². The average molecular weight is 279 g/mol. The fourth-order valence-electron chi connectivity index (χ4n) is 1.88. The molecule has 0 atom stereocenters. The number of pyridine rings is 1. The van der Waals surface area contributed by atoms with Gasteiger partial charge in [-0.3, -0.25) is 9.59 Å². The molecule has 0 saturated carbocycles. The van der Waals surface area contributed by atoms with Crippen LogP contribution in [-0.2, 0) is 11.2 Å². The third-order valence-electron chi connectivity index (χ3n) is 2.84. The van der Waals surface area contributed by atoms with Crippen LogP contribution in [-0.4, -0.2) is 15.6 Å². The molecule has 0 bridgehead atoms. The van der Waals surface area contributed by atoms with E-state index in [1.54, 1.807) is 6.92 Å². The molecule has 6 heteroatoms. The quantitative estimate of drug-likeness (QED) is 0.935. The van der Waals surface area contributed by atoms with E-state index in [2.05, 4.69) is 0 Å². The molecule has 2 rings (SSSR count). The minimum atomic E-state index is -1.14. The molecule has 104 valence electrons. The molecule has 1 heterocycles. The van der Waals surface area contributed by atoms with Crippen LogP contribution in [0.25, 0.3) is 5.69 Å². The first-order valence-corrected chi connectivity index (χ1v) is 5.78. The number of halogens is 2. The Kier molecular flexibility index (Phi) is 3.65. The second kappa shape index (κ2) is 5.24. The Hall–Kier alpha value is -2.50. The van der Waals surface area contributed by atoms with Crippen molar-refractivity contribution in [2.24, 2.45) is 0 Å². The van der Waals surface area contributed by atoms with Crippen LogP contribution in [0.2, 0.25) is 0 Å². The summed E-state index contributed by atoms with van der Waals surface area (Å²) in [7, 11) is 0. The van der Waals surface area contributed by atoms with Crippen molar-refractivity contribution in [1.29, 1.82) is 0 Å². The van der Waals surface area contributed by atoms with Crippen molar-refractivity contribution < 1.29 is 18.7 Å². The van der Waals surface area contributed by atoms with Crippen LogP contribution in [0.5, 0.6) is 0 Å². The second-order valence-electron chi connectivity index (χ2n) is 4.34. The molecule has 0 aliphatic rings. The zero-order valence-corrected chi connectivity index (χ0v) is 10.6. The molecule has 0 unspecified atom stereocenters. The van der Waals surface area contributed by atoms with E-state index in [9.17, 15) is 18.4 Å². The fraction of sp³-hybridized carbons (Fsp3) is 0.143. The number of rotatable bonds is 3. The van der Waals surface area contributed by atoms with Gasteiger partial charge >= 0.3 is 5.97 Å². The maximum atomic E-state index is 13.2. The molecular formula is C14H11F2NO3. The van der Waals surface area contributed by atoms with Gasteiger partial charge in [-0.25, -0.2) is 8.78 Å². The average Bonchev–Trinajstić information content (AvgIpc) is 2.36. The van der Waals surface area contributed by atoms with Crippen LogP contribution >= 0.6 is 0 Å². The van der Waals surface area contributed by atoms with Crippen molar-refractivity contribution in [2.45, 2.75) is 13.3 Å². The van der Waals surface area contributed by atoms with Crippen molar-refractivity contribution in [3.8, 4) is 5.69 Å². The van der Waals surface area contributed by atoms with Crippen molar-refractivity contribution in [2.75, 3.05) is 0 Å². The normalized spacial score (nSPS) is 10.6. The molecule has 0 radical (unpaired) electrons. The van der Waals surface area contributed by atoms with Crippen LogP contribution in [0.15, 0.2) is 35.3 Å². The van der Waals surface area contributed by atoms with E-state index < -0.39 is 29.5 Å². The predicted octanol–water partition coefficient (Wildman–Crippen LogP) is 2.05. The summed E-state index contributed by atoms with van der Waals surface area (Å²) in [6.45, 7) is 1.62. The monoisotopic (exact) mass is 279 g/mol. The summed E-state index contributed by atoms with van der Waals surface area (Å²) in [5.74, 6) is -3.12. The topological polar surface area (TPSA) is 59.3 Å². The molecule has 1 aromatic heterocycles. The number of carbonyl (C=O) groups is 1. The van der Waals surface area contributed by atoms with Gasteiger partial charge in [0.05, 0.1) is 6.42 Å². The van der Waals surface area contributed by atoms with E-state index in [4.69, 9.17) is 5.11 Å². The number of nitrogens with zero attached hydrogens (tertiary/aromatic N) is 1. The Labute approximate surface area is 112 Å². The van der Waals surface area contributed by atoms with Gasteiger partial charge in [-0.2, -0.15) is 0 Å². The lowest BCUT2D eigenvalue weighted by Crippen LogP contribution is -2.17. The van der Waals surface area contributed by atoms with E-state index in [0.29, 0.717) is 11.4 Å². The minimum Gasteiger partial charge on any atom is -0.481 e. The molecule has 2 aromatic rings. The van der Waals surface area contributed by atoms with Crippen molar-refractivity contribution >= 4 is 5.97 Å². The standard InChI is InChI=1S/C14H11F2NO3/c1-8-4-13(18)9(5-14(19)20)7-17(8)10-2-3-11(15)12(16)6-10/h2-4,6-7H,5H2,1H3,(H,19,20). The van der Waals surface area contributed by atoms with Gasteiger partial charge in [0.2, 0.25) is 0 Å². The SMILES string of the molecule is Cc1cc(=O)c(CC(=O)O)cn1-c1ccc(F)c(F)c1. The van der Waals surface area contributed by atoms with Crippen LogP contribution in [0, 0.1) is 18.6 Å². The number of aryl methyl sites for hydroxylation is 1. The highest BCUT2D eigenvalue weighted by atomic mass is 19.2. The number of carboxylic acid groups (broad SMARTS) is 1. The highest BCUT2D eigenvalue weighted by molar-refractivity contribution is 5.70. The first-order chi connectivity index (χ1) is 9.38. The summed E-state index contributed by atoms with van der Waals surface area (Å²) in [5.41, 5.74) is 0.486. The summed E-state index contributed by atoms with van der Waals surface area (Å²) in [5, 5.41) is 8.74. The number of hydrogen-bond acceptors (Lipinski definition) is 2. The van der Waals surface area contributed by atoms with Crippen LogP contribution in [0.1, 0.15) is 11.3 Å². The lowest BCUT2D eigenvalue weighted by atomic mass is 10.1. The zero-order valence-electron chi connectivity index (χ0n) is 10.6. The molecule has 1 N–H and O–H groups in total. The van der Waals surface area contributed by atoms with Crippen LogP contribution in [0.4, 0.5) is 8.78 Å². The van der Waals surface area contributed by atoms with Gasteiger partial charge in [-0.05, 0) is 19.1 Å². The van der Waals surface area contributed by atoms with Crippen molar-refractivity contribution in [3.05, 3.63) is 63.6 Å². The Balaban J connectivity index is 2.58. The van der Waals surface area contributed by atoms with E-state index in [1.807, 2.05) is 0 Å². The maximum Gasteiger partial charge on any atom is 0.308 e. The summed E-state index contributed by atoms with van der Waals surface area (Å²) >= 11 is 0. The summed E-state index contributed by atoms with van der Waals surface area (Å²) in [6, 6.07) is 4.57. The number of aliphatic carboxylic acids is 1. The zero-order chi connectivity index (χ0) is 14.9. The molecule has 4 nitrogen and oxygen atoms in total. The molecular weight excluding hydrogens is 268 g/mol. The molecule has 0 fully saturated rings. The van der Waals surface area contributed by atoms with Crippen molar-refractivity contribution in [1.82, 2.24) is 4.57 Å². The Bertz CT molecular complexity index is 738. The fourth-order valence-corrected chi connectivity index (χ4v) is 1.88. The van der Waals surface area contributed by atoms with E-state index in [0.717, 1.165) is 12.1 Å². The smallest absolute Gasteiger partial charge is 0.308 e. The Morgan fingerprint density at radius 2 is 1.95 bits per heavy atom. The van der Waals surface area contributed by atoms with Crippen LogP contribution in [0.3, 0.4) is 0 Å². The molecule has 0 aliphatic heterocycles. The molecule has 0 aliphatic carbocycles. The summed E-state index contributed by atoms with van der Waals surface area (Å²) in [4.78, 5) is 22.4. The minimum absolute atomic E-state index is 0.0767. The Morgan fingerprint density at radius 1 is 1.25 bits per heavy atom. The van der Waals surface area contributed by atoms with Gasteiger partial charge < -0.3 is 9.67 Å². The molecule has 0 spiro atoms. The lowest BCUT2D eigenvalue weighted by molar-refractivity contribution is -0.136. The van der Waals surface area contributed by atoms with E-state index in [-0.39, 0.29) is 5.56 Å². The number of hydrogen-bond donors (Lipinski definition) is 1. The maximum absolute atomic E-state index is 13.2. The second-order valence-corrected chi connectivity index (χ2v) is 4.34. The first kappa shape index (κ1) is 13.9. The van der Waals surface area contributed by atoms with Gasteiger partial charge in [0, 0.05) is 35.3 Å². The number of benzene rings is 1. The first-order valence-electron chi connectivity index (χ1n) is 5.78. The number of aromatic nitrogens is 1. The van der Waals surface area contributed by atoms with Gasteiger partial charge in [0.15, 0.2) is 17.1 Å². The number of carboxylic acids is 1. The van der Waals surface area contributed by atoms with E-state index in [1.165, 1.54) is 22.9 Å². The lowest BCUT2D eigenvalue weighted by Gasteiger charge is -2.12. The van der Waals surface area contributed by atoms with E-state index >= 15 is 0 Å². The summed E-state index contributed by atoms with van der Waals surface area (Å²) in [6.07, 6.45) is 0.904. The third kappa shape index (κ3) is 2.74. The molecule has 0 saturated heterocycles. The largest absolute Gasteiger partial charge is 0.481 e. The van der Waals surface area contributed by atoms with Gasteiger partial charge in [-0.1, -0.05) is 0 Å². The third-order valence-corrected chi connectivity index (χ3v) is 2.84. The molecule has 0 amide bonds. The Morgan fingerprint density at radius 3 is 2.55 bits per heavy atom. The van der Waals surface area contributed by atoms with Crippen molar-refractivity contribution in [3.63, 3.8) is 0 Å². The van der Waals surface area contributed by atoms with Gasteiger partial charge in [-0.15, -0.1) is 0 Å². The predicted molar refractivity (Wildman–Crippen MR) is 68.0 cm³/mol. The summed E-state index contributed by atoms with van der Waals surface area (Å²) < 4.78 is 27.6.